The molecular weight excluding hydrogens is 170 g/mol. The summed E-state index contributed by atoms with van der Waals surface area (Å²) in [5.41, 5.74) is 1.87. The molecule has 0 atom stereocenters. The van der Waals surface area contributed by atoms with Gasteiger partial charge in [0.1, 0.15) is 5.78 Å². The first-order chi connectivity index (χ1) is 5.86. The Bertz CT molecular complexity index is 258. The number of carbonyl (C=O) groups excluding carboxylic acids is 1. The van der Waals surface area contributed by atoms with E-state index in [2.05, 4.69) is 4.98 Å². The van der Waals surface area contributed by atoms with Gasteiger partial charge in [-0.15, -0.1) is 11.3 Å². The molecule has 3 heteroatoms. The molecule has 1 fully saturated rings. The van der Waals surface area contributed by atoms with Crippen LogP contribution in [0, 0.1) is 0 Å². The highest BCUT2D eigenvalue weighted by atomic mass is 32.1. The van der Waals surface area contributed by atoms with Crippen LogP contribution in [0.3, 0.4) is 0 Å². The van der Waals surface area contributed by atoms with Gasteiger partial charge in [-0.1, -0.05) is 0 Å². The van der Waals surface area contributed by atoms with Gasteiger partial charge in [-0.25, -0.2) is 0 Å². The Morgan fingerprint density at radius 2 is 2.17 bits per heavy atom. The molecule has 1 aromatic rings. The molecule has 0 bridgehead atoms. The molecular formula is C9H11NOS. The van der Waals surface area contributed by atoms with Crippen molar-refractivity contribution in [1.82, 2.24) is 4.98 Å². The Balaban J connectivity index is 2.03. The van der Waals surface area contributed by atoms with E-state index in [0.29, 0.717) is 11.7 Å². The first-order valence-electron chi connectivity index (χ1n) is 4.26. The summed E-state index contributed by atoms with van der Waals surface area (Å²) >= 11 is 1.71. The third kappa shape index (κ3) is 1.55. The Morgan fingerprint density at radius 3 is 2.75 bits per heavy atom. The molecule has 2 nitrogen and oxygen atoms in total. The van der Waals surface area contributed by atoms with Crippen molar-refractivity contribution in [3.8, 4) is 0 Å². The van der Waals surface area contributed by atoms with Crippen molar-refractivity contribution >= 4 is 17.1 Å². The third-order valence-electron chi connectivity index (χ3n) is 2.40. The molecule has 1 aliphatic rings. The van der Waals surface area contributed by atoms with Gasteiger partial charge in [0.2, 0.25) is 0 Å². The maximum Gasteiger partial charge on any atom is 0.132 e. The van der Waals surface area contributed by atoms with Crippen molar-refractivity contribution in [2.45, 2.75) is 31.6 Å². The molecule has 0 spiro atoms. The number of Topliss-reactive ketones (excluding diaryl/α,β-unsaturated/α-hetero) is 1. The van der Waals surface area contributed by atoms with Crippen LogP contribution in [0.15, 0.2) is 11.7 Å². The first kappa shape index (κ1) is 7.92. The summed E-state index contributed by atoms with van der Waals surface area (Å²) in [6.45, 7) is 0. The van der Waals surface area contributed by atoms with E-state index >= 15 is 0 Å². The molecule has 2 rings (SSSR count). The summed E-state index contributed by atoms with van der Waals surface area (Å²) in [5.74, 6) is 1.03. The second-order valence-electron chi connectivity index (χ2n) is 3.22. The van der Waals surface area contributed by atoms with E-state index < -0.39 is 0 Å². The lowest BCUT2D eigenvalue weighted by Crippen LogP contribution is -2.11. The zero-order valence-corrected chi connectivity index (χ0v) is 7.64. The second kappa shape index (κ2) is 3.35. The van der Waals surface area contributed by atoms with Crippen LogP contribution < -0.4 is 0 Å². The monoisotopic (exact) mass is 181 g/mol. The van der Waals surface area contributed by atoms with E-state index in [4.69, 9.17) is 0 Å². The highest BCUT2D eigenvalue weighted by molar-refractivity contribution is 7.09. The minimum atomic E-state index is 0.427. The van der Waals surface area contributed by atoms with E-state index in [1.165, 1.54) is 4.88 Å². The standard InChI is InChI=1S/C9H11NOS/c11-8-3-1-7(2-4-8)9-5-10-6-12-9/h5-7H,1-4H2. The predicted molar refractivity (Wildman–Crippen MR) is 48.3 cm³/mol. The van der Waals surface area contributed by atoms with E-state index in [-0.39, 0.29) is 0 Å². The Hall–Kier alpha value is -0.700. The quantitative estimate of drug-likeness (QED) is 0.665. The number of hydrogen-bond donors (Lipinski definition) is 0. The summed E-state index contributed by atoms with van der Waals surface area (Å²) in [6, 6.07) is 0. The van der Waals surface area contributed by atoms with Gasteiger partial charge >= 0.3 is 0 Å². The largest absolute Gasteiger partial charge is 0.300 e. The van der Waals surface area contributed by atoms with Crippen molar-refractivity contribution in [3.05, 3.63) is 16.6 Å². The fourth-order valence-corrected chi connectivity index (χ4v) is 2.44. The third-order valence-corrected chi connectivity index (χ3v) is 3.34. The van der Waals surface area contributed by atoms with E-state index in [1.807, 2.05) is 11.7 Å². The van der Waals surface area contributed by atoms with Gasteiger partial charge in [-0.3, -0.25) is 9.78 Å². The first-order valence-corrected chi connectivity index (χ1v) is 5.14. The van der Waals surface area contributed by atoms with Gasteiger partial charge in [0.25, 0.3) is 0 Å². The highest BCUT2D eigenvalue weighted by Crippen LogP contribution is 2.32. The Labute approximate surface area is 75.6 Å². The molecule has 1 aliphatic carbocycles. The van der Waals surface area contributed by atoms with Crippen LogP contribution in [0.25, 0.3) is 0 Å². The normalized spacial score (nSPS) is 19.8. The van der Waals surface area contributed by atoms with E-state index in [1.54, 1.807) is 11.3 Å². The summed E-state index contributed by atoms with van der Waals surface area (Å²) in [7, 11) is 0. The zero-order valence-electron chi connectivity index (χ0n) is 6.82. The van der Waals surface area contributed by atoms with Crippen molar-refractivity contribution in [2.75, 3.05) is 0 Å². The highest BCUT2D eigenvalue weighted by Gasteiger charge is 2.20. The minimum absolute atomic E-state index is 0.427. The van der Waals surface area contributed by atoms with Gasteiger partial charge in [0.15, 0.2) is 0 Å². The predicted octanol–water partition coefficient (Wildman–Crippen LogP) is 2.37. The Morgan fingerprint density at radius 1 is 1.42 bits per heavy atom. The molecule has 1 saturated carbocycles. The van der Waals surface area contributed by atoms with Crippen molar-refractivity contribution in [1.29, 1.82) is 0 Å². The molecule has 0 N–H and O–H groups in total. The average Bonchev–Trinajstić information content (AvgIpc) is 2.58. The van der Waals surface area contributed by atoms with Crippen molar-refractivity contribution < 1.29 is 4.79 Å². The van der Waals surface area contributed by atoms with Gasteiger partial charge < -0.3 is 0 Å². The summed E-state index contributed by atoms with van der Waals surface area (Å²) in [4.78, 5) is 16.4. The number of carbonyl (C=O) groups is 1. The van der Waals surface area contributed by atoms with Gasteiger partial charge in [-0.2, -0.15) is 0 Å². The number of hydrogen-bond acceptors (Lipinski definition) is 3. The van der Waals surface area contributed by atoms with Crippen LogP contribution in [0.1, 0.15) is 36.5 Å². The van der Waals surface area contributed by atoms with Crippen molar-refractivity contribution in [3.63, 3.8) is 0 Å². The molecule has 12 heavy (non-hydrogen) atoms. The van der Waals surface area contributed by atoms with Crippen LogP contribution in [0.5, 0.6) is 0 Å². The van der Waals surface area contributed by atoms with Crippen molar-refractivity contribution in [2.24, 2.45) is 0 Å². The molecule has 0 aromatic carbocycles. The molecule has 64 valence electrons. The number of thiazole rings is 1. The smallest absolute Gasteiger partial charge is 0.132 e. The number of aromatic nitrogens is 1. The van der Waals surface area contributed by atoms with E-state index in [0.717, 1.165) is 25.7 Å². The molecule has 1 aromatic heterocycles. The molecule has 1 heterocycles. The van der Waals surface area contributed by atoms with Crippen LogP contribution >= 0.6 is 11.3 Å². The zero-order chi connectivity index (χ0) is 8.39. The lowest BCUT2D eigenvalue weighted by atomic mass is 9.88. The van der Waals surface area contributed by atoms with Gasteiger partial charge in [0, 0.05) is 23.9 Å². The topological polar surface area (TPSA) is 30.0 Å². The lowest BCUT2D eigenvalue weighted by Gasteiger charge is -2.18. The molecule has 0 unspecified atom stereocenters. The van der Waals surface area contributed by atoms with Crippen LogP contribution in [0.4, 0.5) is 0 Å². The number of ketones is 1. The summed E-state index contributed by atoms with van der Waals surface area (Å²) in [6.07, 6.45) is 5.53. The summed E-state index contributed by atoms with van der Waals surface area (Å²) in [5, 5.41) is 0. The number of rotatable bonds is 1. The maximum atomic E-state index is 11.0. The van der Waals surface area contributed by atoms with Crippen LogP contribution in [-0.4, -0.2) is 10.8 Å². The lowest BCUT2D eigenvalue weighted by molar-refractivity contribution is -0.120. The average molecular weight is 181 g/mol. The van der Waals surface area contributed by atoms with Gasteiger partial charge in [-0.05, 0) is 18.8 Å². The molecule has 0 saturated heterocycles. The second-order valence-corrected chi connectivity index (χ2v) is 4.13. The molecule has 0 amide bonds. The summed E-state index contributed by atoms with van der Waals surface area (Å²) < 4.78 is 0. The SMILES string of the molecule is O=C1CCC(c2cncs2)CC1. The molecule has 0 aliphatic heterocycles. The van der Waals surface area contributed by atoms with Crippen LogP contribution in [0.2, 0.25) is 0 Å². The van der Waals surface area contributed by atoms with Gasteiger partial charge in [0.05, 0.1) is 5.51 Å². The fraction of sp³-hybridized carbons (Fsp3) is 0.556. The number of nitrogens with zero attached hydrogens (tertiary/aromatic N) is 1. The minimum Gasteiger partial charge on any atom is -0.300 e. The van der Waals surface area contributed by atoms with E-state index in [9.17, 15) is 4.79 Å². The maximum absolute atomic E-state index is 11.0. The van der Waals surface area contributed by atoms with Crippen LogP contribution in [-0.2, 0) is 4.79 Å². The molecule has 0 radical (unpaired) electrons. The fourth-order valence-electron chi connectivity index (χ4n) is 1.65. The Kier molecular flexibility index (Phi) is 2.21.